The summed E-state index contributed by atoms with van der Waals surface area (Å²) < 4.78 is 0. The average Bonchev–Trinajstić information content (AvgIpc) is 2.38. The molecule has 0 radical (unpaired) electrons. The van der Waals surface area contributed by atoms with Gasteiger partial charge in [0.25, 0.3) is 5.91 Å². The van der Waals surface area contributed by atoms with Crippen LogP contribution in [-0.4, -0.2) is 25.8 Å². The van der Waals surface area contributed by atoms with Gasteiger partial charge in [-0.15, -0.1) is 0 Å². The van der Waals surface area contributed by atoms with Gasteiger partial charge in [-0.1, -0.05) is 0 Å². The van der Waals surface area contributed by atoms with Gasteiger partial charge in [-0.05, 0) is 12.1 Å². The Balaban J connectivity index is 1.95. The zero-order valence-electron chi connectivity index (χ0n) is 8.37. The molecule has 6 heteroatoms. The number of hydrogen-bond acceptors (Lipinski definition) is 5. The molecular formula is C10H9N5O. The summed E-state index contributed by atoms with van der Waals surface area (Å²) in [5, 5.41) is 2.63. The molecule has 0 atom stereocenters. The number of carbonyl (C=O) groups is 1. The number of amides is 1. The summed E-state index contributed by atoms with van der Waals surface area (Å²) in [6.45, 7) is 0.262. The van der Waals surface area contributed by atoms with Crippen molar-refractivity contribution in [2.24, 2.45) is 0 Å². The lowest BCUT2D eigenvalue weighted by Crippen LogP contribution is -2.25. The Morgan fingerprint density at radius 2 is 1.56 bits per heavy atom. The molecular weight excluding hydrogens is 206 g/mol. The van der Waals surface area contributed by atoms with Crippen LogP contribution in [0.15, 0.2) is 36.9 Å². The van der Waals surface area contributed by atoms with Crippen molar-refractivity contribution in [3.63, 3.8) is 0 Å². The van der Waals surface area contributed by atoms with Crippen molar-refractivity contribution in [1.29, 1.82) is 0 Å². The first-order chi connectivity index (χ1) is 7.86. The van der Waals surface area contributed by atoms with E-state index in [1.165, 1.54) is 12.4 Å². The molecule has 0 fully saturated rings. The van der Waals surface area contributed by atoms with E-state index in [0.29, 0.717) is 5.82 Å². The van der Waals surface area contributed by atoms with E-state index in [2.05, 4.69) is 25.3 Å². The highest BCUT2D eigenvalue weighted by Gasteiger charge is 2.07. The van der Waals surface area contributed by atoms with Gasteiger partial charge in [0, 0.05) is 24.8 Å². The van der Waals surface area contributed by atoms with E-state index in [-0.39, 0.29) is 18.3 Å². The lowest BCUT2D eigenvalue weighted by molar-refractivity contribution is 0.0939. The third kappa shape index (κ3) is 2.57. The van der Waals surface area contributed by atoms with Crippen LogP contribution in [-0.2, 0) is 6.54 Å². The summed E-state index contributed by atoms with van der Waals surface area (Å²) in [7, 11) is 0. The first-order valence-corrected chi connectivity index (χ1v) is 4.67. The van der Waals surface area contributed by atoms with Crippen LogP contribution in [0, 0.1) is 0 Å². The summed E-state index contributed by atoms with van der Waals surface area (Å²) in [6, 6.07) is 3.36. The molecule has 1 amide bonds. The van der Waals surface area contributed by atoms with E-state index in [4.69, 9.17) is 0 Å². The van der Waals surface area contributed by atoms with Gasteiger partial charge in [-0.3, -0.25) is 4.79 Å². The van der Waals surface area contributed by atoms with Gasteiger partial charge in [-0.2, -0.15) is 0 Å². The molecule has 0 aliphatic rings. The van der Waals surface area contributed by atoms with Gasteiger partial charge in [0.05, 0.1) is 6.54 Å². The van der Waals surface area contributed by atoms with Crippen LogP contribution < -0.4 is 5.32 Å². The maximum absolute atomic E-state index is 11.5. The molecule has 0 aliphatic heterocycles. The molecule has 0 aromatic carbocycles. The molecule has 2 aromatic heterocycles. The van der Waals surface area contributed by atoms with Crippen LogP contribution in [0.25, 0.3) is 0 Å². The second-order valence-electron chi connectivity index (χ2n) is 2.92. The van der Waals surface area contributed by atoms with E-state index in [9.17, 15) is 4.79 Å². The molecule has 80 valence electrons. The molecule has 2 aromatic rings. The number of rotatable bonds is 3. The van der Waals surface area contributed by atoms with Crippen molar-refractivity contribution in [1.82, 2.24) is 25.3 Å². The Labute approximate surface area is 91.8 Å². The zero-order valence-corrected chi connectivity index (χ0v) is 8.37. The molecule has 1 N–H and O–H groups in total. The smallest absolute Gasteiger partial charge is 0.289 e. The van der Waals surface area contributed by atoms with Crippen molar-refractivity contribution in [3.8, 4) is 0 Å². The summed E-state index contributed by atoms with van der Waals surface area (Å²) in [6.07, 6.45) is 6.27. The fraction of sp³-hybridized carbons (Fsp3) is 0.100. The topological polar surface area (TPSA) is 80.7 Å². The molecule has 0 bridgehead atoms. The number of nitrogens with one attached hydrogen (secondary N) is 1. The lowest BCUT2D eigenvalue weighted by Gasteiger charge is -2.01. The van der Waals surface area contributed by atoms with Gasteiger partial charge in [0.15, 0.2) is 0 Å². The number of carbonyl (C=O) groups excluding carboxylic acids is 1. The van der Waals surface area contributed by atoms with Crippen LogP contribution in [0.2, 0.25) is 0 Å². The maximum atomic E-state index is 11.5. The molecule has 0 aliphatic carbocycles. The molecule has 2 rings (SSSR count). The highest BCUT2D eigenvalue weighted by molar-refractivity contribution is 5.90. The van der Waals surface area contributed by atoms with E-state index >= 15 is 0 Å². The Kier molecular flexibility index (Phi) is 3.12. The van der Waals surface area contributed by atoms with Gasteiger partial charge in [-0.25, -0.2) is 19.9 Å². The van der Waals surface area contributed by atoms with Crippen LogP contribution in [0.4, 0.5) is 0 Å². The SMILES string of the molecule is O=C(NCc1ncccn1)c1ncccn1. The Hall–Kier alpha value is -2.37. The third-order valence-electron chi connectivity index (χ3n) is 1.80. The number of nitrogens with zero attached hydrogens (tertiary/aromatic N) is 4. The molecule has 6 nitrogen and oxygen atoms in total. The fourth-order valence-corrected chi connectivity index (χ4v) is 1.08. The standard InChI is InChI=1S/C10H9N5O/c16-10(9-13-5-2-6-14-9)15-7-8-11-3-1-4-12-8/h1-6H,7H2,(H,15,16). The predicted octanol–water partition coefficient (Wildman–Crippen LogP) is 0.197. The van der Waals surface area contributed by atoms with E-state index < -0.39 is 0 Å². The summed E-state index contributed by atoms with van der Waals surface area (Å²) in [5.41, 5.74) is 0. The van der Waals surface area contributed by atoms with E-state index in [0.717, 1.165) is 0 Å². The van der Waals surface area contributed by atoms with Crippen LogP contribution in [0.3, 0.4) is 0 Å². The molecule has 16 heavy (non-hydrogen) atoms. The van der Waals surface area contributed by atoms with Crippen LogP contribution in [0.5, 0.6) is 0 Å². The Morgan fingerprint density at radius 3 is 2.19 bits per heavy atom. The summed E-state index contributed by atoms with van der Waals surface area (Å²) in [5.74, 6) is 0.346. The van der Waals surface area contributed by atoms with Crippen molar-refractivity contribution in [2.45, 2.75) is 6.54 Å². The quantitative estimate of drug-likeness (QED) is 0.790. The molecule has 0 unspecified atom stereocenters. The summed E-state index contributed by atoms with van der Waals surface area (Å²) in [4.78, 5) is 27.1. The average molecular weight is 215 g/mol. The van der Waals surface area contributed by atoms with Crippen molar-refractivity contribution in [2.75, 3.05) is 0 Å². The first kappa shape index (κ1) is 10.2. The van der Waals surface area contributed by atoms with Gasteiger partial charge in [0.2, 0.25) is 5.82 Å². The first-order valence-electron chi connectivity index (χ1n) is 4.67. The molecule has 0 spiro atoms. The molecule has 2 heterocycles. The minimum atomic E-state index is -0.340. The number of hydrogen-bond donors (Lipinski definition) is 1. The van der Waals surface area contributed by atoms with E-state index in [1.54, 1.807) is 24.5 Å². The van der Waals surface area contributed by atoms with Crippen LogP contribution >= 0.6 is 0 Å². The highest BCUT2D eigenvalue weighted by atomic mass is 16.2. The number of aromatic nitrogens is 4. The van der Waals surface area contributed by atoms with Gasteiger partial charge >= 0.3 is 0 Å². The monoisotopic (exact) mass is 215 g/mol. The fourth-order valence-electron chi connectivity index (χ4n) is 1.08. The normalized spacial score (nSPS) is 9.75. The maximum Gasteiger partial charge on any atom is 0.289 e. The zero-order chi connectivity index (χ0) is 11.2. The third-order valence-corrected chi connectivity index (χ3v) is 1.80. The largest absolute Gasteiger partial charge is 0.342 e. The second kappa shape index (κ2) is 4.92. The van der Waals surface area contributed by atoms with Gasteiger partial charge < -0.3 is 5.32 Å². The van der Waals surface area contributed by atoms with E-state index in [1.807, 2.05) is 0 Å². The minimum absolute atomic E-state index is 0.137. The highest BCUT2D eigenvalue weighted by Crippen LogP contribution is 1.90. The minimum Gasteiger partial charge on any atom is -0.342 e. The predicted molar refractivity (Wildman–Crippen MR) is 55.2 cm³/mol. The lowest BCUT2D eigenvalue weighted by atomic mass is 10.5. The van der Waals surface area contributed by atoms with Crippen molar-refractivity contribution in [3.05, 3.63) is 48.6 Å². The molecule has 0 saturated heterocycles. The summed E-state index contributed by atoms with van der Waals surface area (Å²) >= 11 is 0. The van der Waals surface area contributed by atoms with Crippen molar-refractivity contribution < 1.29 is 4.79 Å². The Morgan fingerprint density at radius 1 is 1.00 bits per heavy atom. The van der Waals surface area contributed by atoms with Crippen molar-refractivity contribution >= 4 is 5.91 Å². The van der Waals surface area contributed by atoms with Gasteiger partial charge in [0.1, 0.15) is 5.82 Å². The second-order valence-corrected chi connectivity index (χ2v) is 2.92. The molecule has 0 saturated carbocycles. The Bertz CT molecular complexity index is 459. The van der Waals surface area contributed by atoms with Crippen LogP contribution in [0.1, 0.15) is 16.4 Å².